The fourth-order valence-electron chi connectivity index (χ4n) is 4.28. The number of aliphatic carboxylic acids is 1. The molecule has 1 aliphatic carbocycles. The Morgan fingerprint density at radius 1 is 1.21 bits per heavy atom. The zero-order valence-electron chi connectivity index (χ0n) is 18.0. The van der Waals surface area contributed by atoms with E-state index in [0.717, 1.165) is 24.1 Å². The van der Waals surface area contributed by atoms with E-state index in [2.05, 4.69) is 0 Å². The minimum absolute atomic E-state index is 0.0320. The number of fused-ring (bicyclic) bond motifs is 1. The van der Waals surface area contributed by atoms with Crippen LogP contribution >= 0.6 is 0 Å². The van der Waals surface area contributed by atoms with Crippen LogP contribution in [0, 0.1) is 24.6 Å². The van der Waals surface area contributed by atoms with Crippen LogP contribution in [0.2, 0.25) is 0 Å². The summed E-state index contributed by atoms with van der Waals surface area (Å²) >= 11 is 0. The molecule has 0 spiro atoms. The quantitative estimate of drug-likeness (QED) is 0.482. The number of rotatable bonds is 7. The van der Waals surface area contributed by atoms with Gasteiger partial charge in [-0.15, -0.1) is 0 Å². The summed E-state index contributed by atoms with van der Waals surface area (Å²) in [6, 6.07) is 6.62. The molecule has 1 saturated carbocycles. The molecule has 2 aromatic carbocycles. The van der Waals surface area contributed by atoms with Gasteiger partial charge in [-0.05, 0) is 56.2 Å². The van der Waals surface area contributed by atoms with Gasteiger partial charge < -0.3 is 14.6 Å². The molecule has 0 amide bonds. The molecule has 0 saturated heterocycles. The molecule has 176 valence electrons. The van der Waals surface area contributed by atoms with Crippen LogP contribution in [0.15, 0.2) is 35.9 Å². The van der Waals surface area contributed by atoms with E-state index in [0.29, 0.717) is 30.7 Å². The summed E-state index contributed by atoms with van der Waals surface area (Å²) in [5, 5.41) is 8.96. The minimum Gasteiger partial charge on any atom is -0.489 e. The first-order valence-corrected chi connectivity index (χ1v) is 10.8. The molecule has 0 bridgehead atoms. The van der Waals surface area contributed by atoms with Gasteiger partial charge in [0.1, 0.15) is 30.5 Å². The smallest absolute Gasteiger partial charge is 0.416 e. The summed E-state index contributed by atoms with van der Waals surface area (Å²) in [5.74, 6) is -0.853. The van der Waals surface area contributed by atoms with Crippen molar-refractivity contribution in [2.24, 2.45) is 11.8 Å². The Bertz CT molecular complexity index is 1080. The Hall–Kier alpha value is -3.03. The van der Waals surface area contributed by atoms with Gasteiger partial charge in [-0.3, -0.25) is 4.79 Å². The largest absolute Gasteiger partial charge is 0.489 e. The van der Waals surface area contributed by atoms with Crippen molar-refractivity contribution in [3.05, 3.63) is 64.0 Å². The lowest BCUT2D eigenvalue weighted by Crippen LogP contribution is -2.30. The van der Waals surface area contributed by atoms with E-state index in [1.54, 1.807) is 19.1 Å². The summed E-state index contributed by atoms with van der Waals surface area (Å²) in [7, 11) is 0. The second kappa shape index (κ2) is 9.08. The first kappa shape index (κ1) is 23.1. The van der Waals surface area contributed by atoms with Gasteiger partial charge in [0.15, 0.2) is 0 Å². The summed E-state index contributed by atoms with van der Waals surface area (Å²) in [6.45, 7) is 1.51. The van der Waals surface area contributed by atoms with Crippen molar-refractivity contribution in [1.82, 2.24) is 0 Å². The molecule has 0 atom stereocenters. The lowest BCUT2D eigenvalue weighted by molar-refractivity contribution is -0.146. The van der Waals surface area contributed by atoms with Gasteiger partial charge in [-0.1, -0.05) is 17.7 Å². The molecular weight excluding hydrogens is 440 g/mol. The van der Waals surface area contributed by atoms with Gasteiger partial charge in [-0.2, -0.15) is 13.2 Å². The maximum atomic E-state index is 14.7. The van der Waals surface area contributed by atoms with Gasteiger partial charge in [-0.25, -0.2) is 4.39 Å². The topological polar surface area (TPSA) is 55.8 Å². The highest BCUT2D eigenvalue weighted by molar-refractivity contribution is 5.71. The standard InChI is InChI=1S/C25H24F4O4/c1-14-2-5-17(21(6-14)25(27,28)29)13-32-19-10-22(26)20-9-16(12-33-23(20)11-19)4-3-15-7-18(8-15)24(30)31/h2,5-6,9-11,15,18H,3-4,7-8,12-13H2,1H3,(H,30,31). The molecule has 2 aromatic rings. The van der Waals surface area contributed by atoms with E-state index in [1.807, 2.05) is 0 Å². The zero-order valence-corrected chi connectivity index (χ0v) is 18.0. The van der Waals surface area contributed by atoms with Crippen molar-refractivity contribution in [3.8, 4) is 11.5 Å². The second-order valence-corrected chi connectivity index (χ2v) is 8.77. The highest BCUT2D eigenvalue weighted by Crippen LogP contribution is 2.40. The molecule has 1 N–H and O–H groups in total. The van der Waals surface area contributed by atoms with Crippen LogP contribution in [0.5, 0.6) is 11.5 Å². The Balaban J connectivity index is 1.41. The number of carboxylic acid groups (broad SMARTS) is 1. The van der Waals surface area contributed by atoms with Crippen LogP contribution in [-0.4, -0.2) is 17.7 Å². The van der Waals surface area contributed by atoms with Crippen molar-refractivity contribution in [2.75, 3.05) is 6.61 Å². The molecule has 1 aliphatic heterocycles. The summed E-state index contributed by atoms with van der Waals surface area (Å²) < 4.78 is 65.8. The summed E-state index contributed by atoms with van der Waals surface area (Å²) in [4.78, 5) is 10.9. The Morgan fingerprint density at radius 3 is 2.67 bits per heavy atom. The summed E-state index contributed by atoms with van der Waals surface area (Å²) in [5.41, 5.74) is 0.887. The molecule has 33 heavy (non-hydrogen) atoms. The number of ether oxygens (including phenoxy) is 2. The molecule has 4 nitrogen and oxygen atoms in total. The van der Waals surface area contributed by atoms with Gasteiger partial charge in [0.2, 0.25) is 0 Å². The third kappa shape index (κ3) is 5.31. The molecule has 8 heteroatoms. The highest BCUT2D eigenvalue weighted by Gasteiger charge is 2.34. The number of carboxylic acids is 1. The van der Waals surface area contributed by atoms with E-state index < -0.39 is 23.5 Å². The average molecular weight is 464 g/mol. The number of aryl methyl sites for hydroxylation is 1. The number of alkyl halides is 3. The highest BCUT2D eigenvalue weighted by atomic mass is 19.4. The van der Waals surface area contributed by atoms with Crippen molar-refractivity contribution >= 4 is 12.0 Å². The van der Waals surface area contributed by atoms with Crippen molar-refractivity contribution in [3.63, 3.8) is 0 Å². The monoisotopic (exact) mass is 464 g/mol. The van der Waals surface area contributed by atoms with Gasteiger partial charge in [0.25, 0.3) is 0 Å². The van der Waals surface area contributed by atoms with Gasteiger partial charge in [0, 0.05) is 17.7 Å². The van der Waals surface area contributed by atoms with Crippen LogP contribution in [0.1, 0.15) is 47.9 Å². The number of hydrogen-bond donors (Lipinski definition) is 1. The minimum atomic E-state index is -4.51. The average Bonchev–Trinajstić information content (AvgIpc) is 2.71. The van der Waals surface area contributed by atoms with E-state index in [-0.39, 0.29) is 41.8 Å². The van der Waals surface area contributed by atoms with Crippen molar-refractivity contribution in [1.29, 1.82) is 0 Å². The lowest BCUT2D eigenvalue weighted by atomic mass is 9.72. The molecule has 2 aliphatic rings. The predicted octanol–water partition coefficient (Wildman–Crippen LogP) is 6.40. The van der Waals surface area contributed by atoms with Gasteiger partial charge in [0.05, 0.1) is 17.0 Å². The third-order valence-electron chi connectivity index (χ3n) is 6.25. The molecule has 0 unspecified atom stereocenters. The van der Waals surface area contributed by atoms with Crippen LogP contribution in [0.25, 0.3) is 6.08 Å². The maximum absolute atomic E-state index is 14.7. The lowest BCUT2D eigenvalue weighted by Gasteiger charge is -2.32. The predicted molar refractivity (Wildman–Crippen MR) is 113 cm³/mol. The zero-order chi connectivity index (χ0) is 23.8. The normalized spacial score (nSPS) is 19.7. The molecule has 4 rings (SSSR count). The first-order chi connectivity index (χ1) is 15.6. The van der Waals surface area contributed by atoms with Gasteiger partial charge >= 0.3 is 12.1 Å². The first-order valence-electron chi connectivity index (χ1n) is 10.8. The molecule has 0 aromatic heterocycles. The molecule has 1 fully saturated rings. The second-order valence-electron chi connectivity index (χ2n) is 8.77. The van der Waals surface area contributed by atoms with Crippen molar-refractivity contribution in [2.45, 2.75) is 45.4 Å². The Morgan fingerprint density at radius 2 is 1.97 bits per heavy atom. The number of halogens is 4. The number of benzene rings is 2. The van der Waals surface area contributed by atoms with E-state index in [1.165, 1.54) is 12.1 Å². The molecule has 0 radical (unpaired) electrons. The number of carbonyl (C=O) groups is 1. The van der Waals surface area contributed by atoms with Crippen LogP contribution in [0.4, 0.5) is 17.6 Å². The van der Waals surface area contributed by atoms with Crippen LogP contribution in [0.3, 0.4) is 0 Å². The van der Waals surface area contributed by atoms with Crippen LogP contribution < -0.4 is 9.47 Å². The molecular formula is C25H24F4O4. The molecule has 1 heterocycles. The van der Waals surface area contributed by atoms with E-state index >= 15 is 0 Å². The fraction of sp³-hybridized carbons (Fsp3) is 0.400. The summed E-state index contributed by atoms with van der Waals surface area (Å²) in [6.07, 6.45) is 0.0897. The van der Waals surface area contributed by atoms with Crippen molar-refractivity contribution < 1.29 is 36.9 Å². The van der Waals surface area contributed by atoms with E-state index in [4.69, 9.17) is 14.6 Å². The Labute approximate surface area is 188 Å². The fourth-order valence-corrected chi connectivity index (χ4v) is 4.28. The Kier molecular flexibility index (Phi) is 6.36. The number of hydrogen-bond acceptors (Lipinski definition) is 3. The maximum Gasteiger partial charge on any atom is 0.416 e. The third-order valence-corrected chi connectivity index (χ3v) is 6.25. The SMILES string of the molecule is Cc1ccc(COc2cc(F)c3c(c2)OCC(CCC2CC(C(=O)O)C2)=C3)c(C(F)(F)F)c1. The van der Waals surface area contributed by atoms with E-state index in [9.17, 15) is 22.4 Å². The van der Waals surface area contributed by atoms with Crippen LogP contribution in [-0.2, 0) is 17.6 Å².